The number of nitrogens with two attached hydrogens (primary N) is 1. The Labute approximate surface area is 135 Å². The van der Waals surface area contributed by atoms with E-state index in [1.54, 1.807) is 18.5 Å². The van der Waals surface area contributed by atoms with E-state index >= 15 is 0 Å². The van der Waals surface area contributed by atoms with E-state index in [-0.39, 0.29) is 24.8 Å². The lowest BCUT2D eigenvalue weighted by Gasteiger charge is -2.06. The van der Waals surface area contributed by atoms with Gasteiger partial charge in [-0.1, -0.05) is 12.1 Å². The molecule has 0 atom stereocenters. The summed E-state index contributed by atoms with van der Waals surface area (Å²) in [7, 11) is 0. The van der Waals surface area contributed by atoms with Gasteiger partial charge in [-0.25, -0.2) is 4.98 Å². The molecule has 0 radical (unpaired) electrons. The molecule has 1 aromatic carbocycles. The van der Waals surface area contributed by atoms with Crippen LogP contribution in [-0.2, 0) is 6.61 Å². The lowest BCUT2D eigenvalue weighted by Crippen LogP contribution is -1.96. The van der Waals surface area contributed by atoms with Crippen molar-refractivity contribution in [2.24, 2.45) is 0 Å². The number of benzene rings is 1. The highest BCUT2D eigenvalue weighted by Crippen LogP contribution is 2.17. The van der Waals surface area contributed by atoms with Crippen LogP contribution in [0.4, 0.5) is 5.82 Å². The number of hydrogen-bond donors (Lipinski definition) is 1. The molecule has 0 aliphatic carbocycles. The van der Waals surface area contributed by atoms with E-state index in [4.69, 9.17) is 10.5 Å². The standard InChI is InChI=1S/C15H13N3O.2ClH/c16-15-6-5-12-4-3-11(8-14(12)18-15)10-19-13-2-1-7-17-9-13;;/h1-9H,10H2,(H2,16,18);2*1H. The molecule has 0 amide bonds. The fraction of sp³-hybridized carbons (Fsp3) is 0.0667. The summed E-state index contributed by atoms with van der Waals surface area (Å²) < 4.78 is 5.65. The number of pyridine rings is 2. The molecule has 0 fully saturated rings. The molecule has 0 unspecified atom stereocenters. The second kappa shape index (κ2) is 7.67. The van der Waals surface area contributed by atoms with E-state index in [2.05, 4.69) is 9.97 Å². The molecule has 6 heteroatoms. The molecule has 0 aliphatic heterocycles. The summed E-state index contributed by atoms with van der Waals surface area (Å²) in [4.78, 5) is 8.31. The molecule has 0 bridgehead atoms. The van der Waals surface area contributed by atoms with E-state index in [0.29, 0.717) is 12.4 Å². The lowest BCUT2D eigenvalue weighted by molar-refractivity contribution is 0.305. The van der Waals surface area contributed by atoms with Gasteiger partial charge < -0.3 is 10.5 Å². The van der Waals surface area contributed by atoms with Crippen molar-refractivity contribution in [1.29, 1.82) is 0 Å². The number of nitrogen functional groups attached to an aromatic ring is 1. The summed E-state index contributed by atoms with van der Waals surface area (Å²) in [5, 5.41) is 1.07. The first kappa shape index (κ1) is 17.0. The average Bonchev–Trinajstić information content (AvgIpc) is 2.46. The van der Waals surface area contributed by atoms with Crippen LogP contribution in [0.1, 0.15) is 5.56 Å². The highest BCUT2D eigenvalue weighted by molar-refractivity contribution is 5.85. The minimum Gasteiger partial charge on any atom is -0.487 e. The van der Waals surface area contributed by atoms with Gasteiger partial charge in [-0.05, 0) is 35.9 Å². The maximum Gasteiger partial charge on any atom is 0.138 e. The van der Waals surface area contributed by atoms with Gasteiger partial charge in [0.25, 0.3) is 0 Å². The Balaban J connectivity index is 0.00000110. The van der Waals surface area contributed by atoms with Gasteiger partial charge in [-0.2, -0.15) is 0 Å². The van der Waals surface area contributed by atoms with E-state index < -0.39 is 0 Å². The largest absolute Gasteiger partial charge is 0.487 e. The van der Waals surface area contributed by atoms with E-state index in [9.17, 15) is 0 Å². The van der Waals surface area contributed by atoms with Crippen LogP contribution in [-0.4, -0.2) is 9.97 Å². The van der Waals surface area contributed by atoms with E-state index in [1.807, 2.05) is 36.4 Å². The number of anilines is 1. The highest BCUT2D eigenvalue weighted by atomic mass is 35.5. The molecule has 21 heavy (non-hydrogen) atoms. The molecule has 0 aliphatic rings. The smallest absolute Gasteiger partial charge is 0.138 e. The van der Waals surface area contributed by atoms with Crippen LogP contribution >= 0.6 is 24.8 Å². The van der Waals surface area contributed by atoms with Gasteiger partial charge in [0, 0.05) is 11.6 Å². The monoisotopic (exact) mass is 323 g/mol. The van der Waals surface area contributed by atoms with Crippen LogP contribution < -0.4 is 10.5 Å². The fourth-order valence-electron chi connectivity index (χ4n) is 1.87. The average molecular weight is 324 g/mol. The number of fused-ring (bicyclic) bond motifs is 1. The zero-order valence-corrected chi connectivity index (χ0v) is 12.7. The summed E-state index contributed by atoms with van der Waals surface area (Å²) in [6.07, 6.45) is 3.41. The van der Waals surface area contributed by atoms with Crippen LogP contribution in [0.15, 0.2) is 54.9 Å². The third-order valence-electron chi connectivity index (χ3n) is 2.82. The Hall–Kier alpha value is -2.04. The topological polar surface area (TPSA) is 61.0 Å². The van der Waals surface area contributed by atoms with E-state index in [1.165, 1.54) is 0 Å². The van der Waals surface area contributed by atoms with Crippen LogP contribution in [0.25, 0.3) is 10.9 Å². The van der Waals surface area contributed by atoms with Crippen molar-refractivity contribution in [3.8, 4) is 5.75 Å². The molecule has 0 saturated carbocycles. The van der Waals surface area contributed by atoms with Gasteiger partial charge in [-0.3, -0.25) is 4.98 Å². The SMILES string of the molecule is Cl.Cl.Nc1ccc2ccc(COc3cccnc3)cc2n1. The zero-order chi connectivity index (χ0) is 13.1. The van der Waals surface area contributed by atoms with Crippen molar-refractivity contribution >= 4 is 41.5 Å². The first-order chi connectivity index (χ1) is 9.31. The molecule has 2 aromatic heterocycles. The molecular weight excluding hydrogens is 309 g/mol. The summed E-state index contributed by atoms with van der Waals surface area (Å²) in [6.45, 7) is 0.484. The maximum absolute atomic E-state index is 5.69. The Bertz CT molecular complexity index is 708. The predicted molar refractivity (Wildman–Crippen MR) is 89.2 cm³/mol. The van der Waals surface area contributed by atoms with E-state index in [0.717, 1.165) is 22.2 Å². The molecule has 3 aromatic rings. The molecule has 3 rings (SSSR count). The number of nitrogens with zero attached hydrogens (tertiary/aromatic N) is 2. The Morgan fingerprint density at radius 1 is 1.05 bits per heavy atom. The second-order valence-corrected chi connectivity index (χ2v) is 4.24. The summed E-state index contributed by atoms with van der Waals surface area (Å²) in [5.74, 6) is 1.28. The molecule has 0 saturated heterocycles. The van der Waals surface area contributed by atoms with Crippen molar-refractivity contribution in [2.75, 3.05) is 5.73 Å². The van der Waals surface area contributed by atoms with Crippen LogP contribution in [0.3, 0.4) is 0 Å². The van der Waals surface area contributed by atoms with Crippen molar-refractivity contribution in [1.82, 2.24) is 9.97 Å². The highest BCUT2D eigenvalue weighted by Gasteiger charge is 2.00. The predicted octanol–water partition coefficient (Wildman–Crippen LogP) is 3.63. The van der Waals surface area contributed by atoms with Gasteiger partial charge in [0.15, 0.2) is 0 Å². The molecular formula is C15H15Cl2N3O. The number of hydrogen-bond acceptors (Lipinski definition) is 4. The molecule has 2 N–H and O–H groups in total. The summed E-state index contributed by atoms with van der Waals surface area (Å²) in [6, 6.07) is 13.5. The summed E-state index contributed by atoms with van der Waals surface area (Å²) in [5.41, 5.74) is 7.62. The Morgan fingerprint density at radius 3 is 2.62 bits per heavy atom. The minimum atomic E-state index is 0. The zero-order valence-electron chi connectivity index (χ0n) is 11.1. The van der Waals surface area contributed by atoms with Crippen molar-refractivity contribution in [3.63, 3.8) is 0 Å². The van der Waals surface area contributed by atoms with Crippen LogP contribution in [0, 0.1) is 0 Å². The lowest BCUT2D eigenvalue weighted by atomic mass is 10.1. The first-order valence-electron chi connectivity index (χ1n) is 5.99. The normalized spacial score (nSPS) is 9.52. The summed E-state index contributed by atoms with van der Waals surface area (Å²) >= 11 is 0. The Morgan fingerprint density at radius 2 is 1.86 bits per heavy atom. The first-order valence-corrected chi connectivity index (χ1v) is 5.99. The number of aromatic nitrogens is 2. The van der Waals surface area contributed by atoms with Gasteiger partial charge in [0.05, 0.1) is 11.7 Å². The Kier molecular flexibility index (Phi) is 6.21. The molecule has 2 heterocycles. The third-order valence-corrected chi connectivity index (χ3v) is 2.82. The third kappa shape index (κ3) is 4.21. The van der Waals surface area contributed by atoms with Crippen molar-refractivity contribution < 1.29 is 4.74 Å². The number of halogens is 2. The molecule has 110 valence electrons. The van der Waals surface area contributed by atoms with Gasteiger partial charge >= 0.3 is 0 Å². The van der Waals surface area contributed by atoms with Crippen LogP contribution in [0.5, 0.6) is 5.75 Å². The van der Waals surface area contributed by atoms with Crippen molar-refractivity contribution in [3.05, 3.63) is 60.4 Å². The second-order valence-electron chi connectivity index (χ2n) is 4.24. The number of rotatable bonds is 3. The van der Waals surface area contributed by atoms with Gasteiger partial charge in [-0.15, -0.1) is 24.8 Å². The van der Waals surface area contributed by atoms with Gasteiger partial charge in [0.1, 0.15) is 18.2 Å². The number of ether oxygens (including phenoxy) is 1. The molecule has 4 nitrogen and oxygen atoms in total. The quantitative estimate of drug-likeness (QED) is 0.799. The minimum absolute atomic E-state index is 0. The maximum atomic E-state index is 5.69. The van der Waals surface area contributed by atoms with Gasteiger partial charge in [0.2, 0.25) is 0 Å². The van der Waals surface area contributed by atoms with Crippen LogP contribution in [0.2, 0.25) is 0 Å². The van der Waals surface area contributed by atoms with Crippen molar-refractivity contribution in [2.45, 2.75) is 6.61 Å². The molecule has 0 spiro atoms. The fourth-order valence-corrected chi connectivity index (χ4v) is 1.87.